The maximum absolute atomic E-state index is 13.5. The van der Waals surface area contributed by atoms with Crippen molar-refractivity contribution >= 4 is 5.91 Å². The van der Waals surface area contributed by atoms with E-state index in [1.165, 1.54) is 11.1 Å². The molecule has 0 bridgehead atoms. The molecular weight excluding hydrogens is 382 g/mol. The average Bonchev–Trinajstić information content (AvgIpc) is 2.71. The number of hydrogen-bond donors (Lipinski definition) is 0. The second-order valence-electron chi connectivity index (χ2n) is 8.77. The Bertz CT molecular complexity index is 718. The van der Waals surface area contributed by atoms with E-state index in [4.69, 9.17) is 0 Å². The molecule has 1 fully saturated rings. The molecule has 3 nitrogen and oxygen atoms in total. The fourth-order valence-electron chi connectivity index (χ4n) is 4.00. The zero-order valence-electron chi connectivity index (χ0n) is 19.5. The summed E-state index contributed by atoms with van der Waals surface area (Å²) in [5.41, 5.74) is 2.07. The topological polar surface area (TPSA) is 44.1 Å². The SMILES string of the molecule is C/C1=C\CCN(C(=O)/C(C#N)=C\C2(C)CCC(F)(F)CC2)C(C)/C=C(\C)CC1.CC. The van der Waals surface area contributed by atoms with Gasteiger partial charge < -0.3 is 4.90 Å². The Balaban J connectivity index is 0.00000218. The lowest BCUT2D eigenvalue weighted by molar-refractivity contribution is -0.127. The number of halogens is 2. The molecule has 30 heavy (non-hydrogen) atoms. The molecule has 1 amide bonds. The summed E-state index contributed by atoms with van der Waals surface area (Å²) in [4.78, 5) is 14.9. The van der Waals surface area contributed by atoms with E-state index in [-0.39, 0.29) is 43.2 Å². The Hall–Kier alpha value is -1.96. The van der Waals surface area contributed by atoms with Crippen LogP contribution in [0.1, 0.15) is 86.5 Å². The zero-order chi connectivity index (χ0) is 22.9. The first-order valence-corrected chi connectivity index (χ1v) is 11.2. The highest BCUT2D eigenvalue weighted by molar-refractivity contribution is 5.97. The van der Waals surface area contributed by atoms with Gasteiger partial charge in [0.2, 0.25) is 5.92 Å². The Kier molecular flexibility index (Phi) is 9.94. The summed E-state index contributed by atoms with van der Waals surface area (Å²) < 4.78 is 27.0. The first-order chi connectivity index (χ1) is 14.1. The Morgan fingerprint density at radius 2 is 1.73 bits per heavy atom. The van der Waals surface area contributed by atoms with Gasteiger partial charge >= 0.3 is 0 Å². The number of amides is 1. The molecule has 5 heteroatoms. The molecule has 0 N–H and O–H groups in total. The number of rotatable bonds is 2. The van der Waals surface area contributed by atoms with Gasteiger partial charge in [0.15, 0.2) is 0 Å². The lowest BCUT2D eigenvalue weighted by Crippen LogP contribution is -2.40. The third-order valence-corrected chi connectivity index (χ3v) is 6.02. The van der Waals surface area contributed by atoms with E-state index in [1.54, 1.807) is 11.0 Å². The van der Waals surface area contributed by atoms with Crippen LogP contribution < -0.4 is 0 Å². The minimum Gasteiger partial charge on any atom is -0.332 e. The average molecular weight is 421 g/mol. The molecule has 2 aliphatic rings. The molecule has 0 aromatic rings. The van der Waals surface area contributed by atoms with Crippen molar-refractivity contribution in [2.75, 3.05) is 6.54 Å². The van der Waals surface area contributed by atoms with Gasteiger partial charge in [0.25, 0.3) is 5.91 Å². The van der Waals surface area contributed by atoms with Crippen molar-refractivity contribution in [2.45, 2.75) is 98.5 Å². The highest BCUT2D eigenvalue weighted by atomic mass is 19.3. The summed E-state index contributed by atoms with van der Waals surface area (Å²) in [6.07, 6.45) is 8.81. The third-order valence-electron chi connectivity index (χ3n) is 6.02. The number of carbonyl (C=O) groups is 1. The van der Waals surface area contributed by atoms with Crippen LogP contribution >= 0.6 is 0 Å². The van der Waals surface area contributed by atoms with Crippen LogP contribution in [0.2, 0.25) is 0 Å². The predicted molar refractivity (Wildman–Crippen MR) is 119 cm³/mol. The van der Waals surface area contributed by atoms with Gasteiger partial charge in [-0.3, -0.25) is 4.79 Å². The van der Waals surface area contributed by atoms with Gasteiger partial charge in [-0.1, -0.05) is 50.1 Å². The van der Waals surface area contributed by atoms with Crippen molar-refractivity contribution in [1.29, 1.82) is 5.26 Å². The minimum absolute atomic E-state index is 0.0726. The largest absolute Gasteiger partial charge is 0.332 e. The van der Waals surface area contributed by atoms with E-state index in [1.807, 2.05) is 33.8 Å². The van der Waals surface area contributed by atoms with Gasteiger partial charge in [0, 0.05) is 25.4 Å². The molecule has 1 unspecified atom stereocenters. The fraction of sp³-hybridized carbons (Fsp3) is 0.680. The van der Waals surface area contributed by atoms with Gasteiger partial charge in [0.05, 0.1) is 0 Å². The van der Waals surface area contributed by atoms with Crippen LogP contribution in [-0.2, 0) is 4.79 Å². The van der Waals surface area contributed by atoms with E-state index in [2.05, 4.69) is 26.0 Å². The maximum atomic E-state index is 13.5. The molecule has 0 radical (unpaired) electrons. The lowest BCUT2D eigenvalue weighted by Gasteiger charge is -2.35. The third kappa shape index (κ3) is 7.70. The van der Waals surface area contributed by atoms with E-state index in [9.17, 15) is 18.8 Å². The van der Waals surface area contributed by atoms with Crippen molar-refractivity contribution < 1.29 is 13.6 Å². The Morgan fingerprint density at radius 3 is 2.30 bits per heavy atom. The van der Waals surface area contributed by atoms with Crippen LogP contribution in [0.4, 0.5) is 8.78 Å². The Morgan fingerprint density at radius 1 is 1.17 bits per heavy atom. The van der Waals surface area contributed by atoms with Crippen LogP contribution in [0.3, 0.4) is 0 Å². The van der Waals surface area contributed by atoms with E-state index in [0.29, 0.717) is 6.54 Å². The highest BCUT2D eigenvalue weighted by Gasteiger charge is 2.40. The van der Waals surface area contributed by atoms with Crippen molar-refractivity contribution in [2.24, 2.45) is 5.41 Å². The number of hydrogen-bond acceptors (Lipinski definition) is 2. The van der Waals surface area contributed by atoms with Crippen molar-refractivity contribution in [3.05, 3.63) is 34.9 Å². The van der Waals surface area contributed by atoms with Crippen molar-refractivity contribution in [3.8, 4) is 6.07 Å². The molecule has 0 saturated heterocycles. The normalized spacial score (nSPS) is 27.9. The molecular formula is C25H38F2N2O. The maximum Gasteiger partial charge on any atom is 0.264 e. The number of alkyl halides is 2. The fourth-order valence-corrected chi connectivity index (χ4v) is 4.00. The molecule has 168 valence electrons. The monoisotopic (exact) mass is 420 g/mol. The van der Waals surface area contributed by atoms with Gasteiger partial charge in [-0.15, -0.1) is 0 Å². The van der Waals surface area contributed by atoms with E-state index < -0.39 is 11.3 Å². The summed E-state index contributed by atoms with van der Waals surface area (Å²) in [6.45, 7) is 12.5. The van der Waals surface area contributed by atoms with Crippen LogP contribution in [0.25, 0.3) is 0 Å². The van der Waals surface area contributed by atoms with E-state index in [0.717, 1.165) is 19.3 Å². The first-order valence-electron chi connectivity index (χ1n) is 11.2. The quantitative estimate of drug-likeness (QED) is 0.275. The molecule has 1 saturated carbocycles. The molecule has 1 atom stereocenters. The van der Waals surface area contributed by atoms with Gasteiger partial charge in [0.1, 0.15) is 11.6 Å². The Labute approximate surface area is 181 Å². The number of nitriles is 1. The van der Waals surface area contributed by atoms with E-state index >= 15 is 0 Å². The standard InChI is InChI=1S/C23H32F2N2O.C2H6/c1-17-6-5-13-27(19(3)14-18(2)8-7-17)21(28)20(16-26)15-22(4)9-11-23(24,25)12-10-22;1-2/h6,14-15,19H,5,7-13H2,1-4H3;1-2H3/b17-6+,18-14+,20-15-;. The van der Waals surface area contributed by atoms with Gasteiger partial charge in [-0.25, -0.2) is 8.78 Å². The number of nitrogens with zero attached hydrogens (tertiary/aromatic N) is 2. The van der Waals surface area contributed by atoms with Gasteiger partial charge in [-0.2, -0.15) is 5.26 Å². The lowest BCUT2D eigenvalue weighted by atomic mass is 9.73. The zero-order valence-corrected chi connectivity index (χ0v) is 19.5. The smallest absolute Gasteiger partial charge is 0.264 e. The molecule has 1 heterocycles. The van der Waals surface area contributed by atoms with Crippen LogP contribution in [0, 0.1) is 16.7 Å². The second kappa shape index (κ2) is 11.4. The molecule has 0 aromatic heterocycles. The predicted octanol–water partition coefficient (Wildman–Crippen LogP) is 6.97. The van der Waals surface area contributed by atoms with Crippen LogP contribution in [0.5, 0.6) is 0 Å². The van der Waals surface area contributed by atoms with Gasteiger partial charge in [-0.05, 0) is 58.3 Å². The summed E-state index contributed by atoms with van der Waals surface area (Å²) in [7, 11) is 0. The number of carbonyl (C=O) groups excluding carboxylic acids is 1. The number of allylic oxidation sites excluding steroid dienone is 3. The highest BCUT2D eigenvalue weighted by Crippen LogP contribution is 2.44. The molecule has 2 rings (SSSR count). The summed E-state index contributed by atoms with van der Waals surface area (Å²) in [5.74, 6) is -2.94. The first kappa shape index (κ1) is 26.1. The molecule has 0 aromatic carbocycles. The molecule has 1 aliphatic heterocycles. The molecule has 0 spiro atoms. The van der Waals surface area contributed by atoms with Crippen LogP contribution in [-0.4, -0.2) is 29.3 Å². The van der Waals surface area contributed by atoms with Crippen molar-refractivity contribution in [3.63, 3.8) is 0 Å². The second-order valence-corrected chi connectivity index (χ2v) is 8.77. The van der Waals surface area contributed by atoms with Crippen molar-refractivity contribution in [1.82, 2.24) is 4.90 Å². The van der Waals surface area contributed by atoms with Crippen LogP contribution in [0.15, 0.2) is 34.9 Å². The summed E-state index contributed by atoms with van der Waals surface area (Å²) >= 11 is 0. The molecule has 1 aliphatic carbocycles. The minimum atomic E-state index is -2.63. The summed E-state index contributed by atoms with van der Waals surface area (Å²) in [6, 6.07) is 1.93. The summed E-state index contributed by atoms with van der Waals surface area (Å²) in [5, 5.41) is 9.64.